The van der Waals surface area contributed by atoms with E-state index in [-0.39, 0.29) is 13.0 Å². The molecule has 0 bridgehead atoms. The molecule has 0 aliphatic carbocycles. The largest absolute Gasteiger partial charge is 0.390 e. The standard InChI is InChI=1S/C10H12N4O3/c1-16-6-7(15)4-9-13-10(14-17-9)8-5-11-2-3-12-8/h2-3,5,7,15H,4,6H2,1H3. The van der Waals surface area contributed by atoms with Gasteiger partial charge in [-0.2, -0.15) is 4.98 Å². The van der Waals surface area contributed by atoms with E-state index in [4.69, 9.17) is 9.26 Å². The molecule has 1 unspecified atom stereocenters. The smallest absolute Gasteiger partial charge is 0.229 e. The fraction of sp³-hybridized carbons (Fsp3) is 0.400. The number of aliphatic hydroxyl groups is 1. The van der Waals surface area contributed by atoms with E-state index < -0.39 is 6.10 Å². The van der Waals surface area contributed by atoms with Gasteiger partial charge in [-0.1, -0.05) is 5.16 Å². The van der Waals surface area contributed by atoms with Crippen LogP contribution in [0.15, 0.2) is 23.1 Å². The first kappa shape index (κ1) is 11.6. The fourth-order valence-corrected chi connectivity index (χ4v) is 1.31. The Morgan fingerprint density at radius 2 is 2.35 bits per heavy atom. The molecule has 0 radical (unpaired) electrons. The van der Waals surface area contributed by atoms with E-state index >= 15 is 0 Å². The van der Waals surface area contributed by atoms with Crippen molar-refractivity contribution in [2.24, 2.45) is 0 Å². The zero-order valence-electron chi connectivity index (χ0n) is 9.28. The van der Waals surface area contributed by atoms with Crippen LogP contribution in [0.25, 0.3) is 11.5 Å². The third-order valence-electron chi connectivity index (χ3n) is 2.03. The monoisotopic (exact) mass is 236 g/mol. The van der Waals surface area contributed by atoms with Crippen molar-refractivity contribution in [1.29, 1.82) is 0 Å². The molecule has 0 amide bonds. The highest BCUT2D eigenvalue weighted by Gasteiger charge is 2.13. The zero-order valence-corrected chi connectivity index (χ0v) is 9.28. The van der Waals surface area contributed by atoms with E-state index in [0.717, 1.165) is 0 Å². The molecule has 0 spiro atoms. The predicted molar refractivity (Wildman–Crippen MR) is 56.9 cm³/mol. The molecule has 0 aliphatic rings. The topological polar surface area (TPSA) is 94.2 Å². The van der Waals surface area contributed by atoms with Crippen LogP contribution in [0.4, 0.5) is 0 Å². The van der Waals surface area contributed by atoms with Crippen LogP contribution in [0.3, 0.4) is 0 Å². The van der Waals surface area contributed by atoms with E-state index in [9.17, 15) is 5.11 Å². The van der Waals surface area contributed by atoms with Gasteiger partial charge in [-0.25, -0.2) is 4.98 Å². The first-order valence-electron chi connectivity index (χ1n) is 5.05. The highest BCUT2D eigenvalue weighted by Crippen LogP contribution is 2.11. The summed E-state index contributed by atoms with van der Waals surface area (Å²) in [4.78, 5) is 12.1. The maximum absolute atomic E-state index is 9.50. The van der Waals surface area contributed by atoms with Gasteiger partial charge in [0.2, 0.25) is 11.7 Å². The number of nitrogens with zero attached hydrogens (tertiary/aromatic N) is 4. The average Bonchev–Trinajstić information content (AvgIpc) is 2.79. The predicted octanol–water partition coefficient (Wildman–Crippen LogP) is 0.0764. The molecule has 2 heterocycles. The van der Waals surface area contributed by atoms with Gasteiger partial charge in [0, 0.05) is 19.5 Å². The van der Waals surface area contributed by atoms with E-state index in [1.54, 1.807) is 18.6 Å². The van der Waals surface area contributed by atoms with Gasteiger partial charge in [0.05, 0.1) is 25.3 Å². The van der Waals surface area contributed by atoms with Crippen molar-refractivity contribution in [3.8, 4) is 11.5 Å². The lowest BCUT2D eigenvalue weighted by Crippen LogP contribution is -2.17. The molecular formula is C10H12N4O3. The van der Waals surface area contributed by atoms with Crippen LogP contribution in [-0.2, 0) is 11.2 Å². The Morgan fingerprint density at radius 1 is 1.47 bits per heavy atom. The number of rotatable bonds is 5. The second-order valence-corrected chi connectivity index (χ2v) is 3.42. The van der Waals surface area contributed by atoms with Crippen LogP contribution < -0.4 is 0 Å². The summed E-state index contributed by atoms with van der Waals surface area (Å²) in [6.45, 7) is 0.225. The number of aliphatic hydroxyl groups excluding tert-OH is 1. The van der Waals surface area contributed by atoms with Crippen molar-refractivity contribution >= 4 is 0 Å². The third kappa shape index (κ3) is 3.05. The van der Waals surface area contributed by atoms with Crippen LogP contribution in [-0.4, -0.2) is 45.0 Å². The fourth-order valence-electron chi connectivity index (χ4n) is 1.31. The lowest BCUT2D eigenvalue weighted by atomic mass is 10.3. The normalized spacial score (nSPS) is 12.6. The zero-order chi connectivity index (χ0) is 12.1. The molecule has 0 aromatic carbocycles. The maximum Gasteiger partial charge on any atom is 0.229 e. The Hall–Kier alpha value is -1.86. The summed E-state index contributed by atoms with van der Waals surface area (Å²) in [6.07, 6.45) is 4.24. The van der Waals surface area contributed by atoms with Crippen molar-refractivity contribution in [1.82, 2.24) is 20.1 Å². The molecule has 0 saturated carbocycles. The van der Waals surface area contributed by atoms with Crippen LogP contribution in [0, 0.1) is 0 Å². The number of hydrogen-bond donors (Lipinski definition) is 1. The van der Waals surface area contributed by atoms with Crippen LogP contribution in [0.1, 0.15) is 5.89 Å². The number of ether oxygens (including phenoxy) is 1. The van der Waals surface area contributed by atoms with Crippen LogP contribution in [0.2, 0.25) is 0 Å². The summed E-state index contributed by atoms with van der Waals surface area (Å²) in [6, 6.07) is 0. The molecule has 17 heavy (non-hydrogen) atoms. The first-order valence-corrected chi connectivity index (χ1v) is 5.05. The van der Waals surface area contributed by atoms with Crippen molar-refractivity contribution in [2.45, 2.75) is 12.5 Å². The minimum atomic E-state index is -0.657. The summed E-state index contributed by atoms with van der Waals surface area (Å²) in [5.41, 5.74) is 0.531. The van der Waals surface area contributed by atoms with Crippen molar-refractivity contribution < 1.29 is 14.4 Å². The lowest BCUT2D eigenvalue weighted by molar-refractivity contribution is 0.0599. The van der Waals surface area contributed by atoms with Gasteiger partial charge in [-0.15, -0.1) is 0 Å². The van der Waals surface area contributed by atoms with Gasteiger partial charge >= 0.3 is 0 Å². The lowest BCUT2D eigenvalue weighted by Gasteiger charge is -2.04. The van der Waals surface area contributed by atoms with Crippen LogP contribution in [0.5, 0.6) is 0 Å². The van der Waals surface area contributed by atoms with Gasteiger partial charge in [-0.05, 0) is 0 Å². The maximum atomic E-state index is 9.50. The van der Waals surface area contributed by atoms with Gasteiger partial charge in [0.1, 0.15) is 5.69 Å². The summed E-state index contributed by atoms with van der Waals surface area (Å²) >= 11 is 0. The van der Waals surface area contributed by atoms with Crippen molar-refractivity contribution in [3.63, 3.8) is 0 Å². The SMILES string of the molecule is COCC(O)Cc1nc(-c2cnccn2)no1. The van der Waals surface area contributed by atoms with E-state index in [1.165, 1.54) is 7.11 Å². The van der Waals surface area contributed by atoms with E-state index in [0.29, 0.717) is 17.4 Å². The molecular weight excluding hydrogens is 224 g/mol. The average molecular weight is 236 g/mol. The molecule has 2 rings (SSSR count). The van der Waals surface area contributed by atoms with Gasteiger partial charge in [0.25, 0.3) is 0 Å². The first-order chi connectivity index (χ1) is 8.29. The molecule has 0 aliphatic heterocycles. The molecule has 7 nitrogen and oxygen atoms in total. The summed E-state index contributed by atoms with van der Waals surface area (Å²) in [7, 11) is 1.52. The quantitative estimate of drug-likeness (QED) is 0.785. The Kier molecular flexibility index (Phi) is 3.73. The van der Waals surface area contributed by atoms with Gasteiger partial charge < -0.3 is 14.4 Å². The van der Waals surface area contributed by atoms with E-state index in [2.05, 4.69) is 20.1 Å². The molecule has 1 atom stereocenters. The molecule has 0 saturated heterocycles. The minimum Gasteiger partial charge on any atom is -0.390 e. The minimum absolute atomic E-state index is 0.225. The number of methoxy groups -OCH3 is 1. The van der Waals surface area contributed by atoms with Crippen molar-refractivity contribution in [2.75, 3.05) is 13.7 Å². The molecule has 1 N–H and O–H groups in total. The number of aromatic nitrogens is 4. The Labute approximate surface area is 97.5 Å². The van der Waals surface area contributed by atoms with Crippen LogP contribution >= 0.6 is 0 Å². The third-order valence-corrected chi connectivity index (χ3v) is 2.03. The Balaban J connectivity index is 2.06. The highest BCUT2D eigenvalue weighted by molar-refractivity contribution is 5.45. The Bertz CT molecular complexity index is 460. The van der Waals surface area contributed by atoms with Gasteiger partial charge in [0.15, 0.2) is 0 Å². The molecule has 7 heteroatoms. The highest BCUT2D eigenvalue weighted by atomic mass is 16.5. The Morgan fingerprint density at radius 3 is 3.06 bits per heavy atom. The molecule has 0 fully saturated rings. The second-order valence-electron chi connectivity index (χ2n) is 3.42. The second kappa shape index (κ2) is 5.46. The molecule has 2 aromatic heterocycles. The molecule has 2 aromatic rings. The summed E-state index contributed by atoms with van der Waals surface area (Å²) in [5, 5.41) is 13.3. The van der Waals surface area contributed by atoms with Gasteiger partial charge in [-0.3, -0.25) is 4.98 Å². The number of hydrogen-bond acceptors (Lipinski definition) is 7. The molecule has 90 valence electrons. The van der Waals surface area contributed by atoms with E-state index in [1.807, 2.05) is 0 Å². The summed E-state index contributed by atoms with van der Waals surface area (Å²) in [5.74, 6) is 0.702. The summed E-state index contributed by atoms with van der Waals surface area (Å²) < 4.78 is 9.80. The van der Waals surface area contributed by atoms with Crippen molar-refractivity contribution in [3.05, 3.63) is 24.5 Å².